The zero-order chi connectivity index (χ0) is 15.9. The highest BCUT2D eigenvalue weighted by Gasteiger charge is 2.15. The Hall–Kier alpha value is -3.33. The monoisotopic (exact) mass is 297 g/mol. The van der Waals surface area contributed by atoms with Crippen molar-refractivity contribution in [2.24, 2.45) is 0 Å². The molecule has 2 aromatic carbocycles. The van der Waals surface area contributed by atoms with Gasteiger partial charge in [-0.1, -0.05) is 6.07 Å². The molecule has 0 spiro atoms. The van der Waals surface area contributed by atoms with Crippen LogP contribution in [0.15, 0.2) is 40.8 Å². The first-order valence-electron chi connectivity index (χ1n) is 6.17. The Morgan fingerprint density at radius 2 is 2.00 bits per heavy atom. The van der Waals surface area contributed by atoms with E-state index in [9.17, 15) is 14.3 Å². The predicted octanol–water partition coefficient (Wildman–Crippen LogP) is 4.19. The summed E-state index contributed by atoms with van der Waals surface area (Å²) in [5, 5.41) is 19.1. The van der Waals surface area contributed by atoms with Crippen LogP contribution in [0.1, 0.15) is 10.4 Å². The van der Waals surface area contributed by atoms with Crippen LogP contribution in [0.3, 0.4) is 0 Å². The third-order valence-electron chi connectivity index (χ3n) is 3.26. The number of carbonyl (C=O) groups is 1. The SMILES string of the molecule is [C-]#[N+]c1cc(-c2ccc(C(=O)O)c(O)c2)c2cc(F)oc2c1. The fraction of sp³-hybridized carbons (Fsp3) is 0. The molecule has 0 saturated carbocycles. The van der Waals surface area contributed by atoms with E-state index in [0.717, 1.165) is 0 Å². The van der Waals surface area contributed by atoms with Crippen molar-refractivity contribution in [3.63, 3.8) is 0 Å². The Kier molecular flexibility index (Phi) is 3.04. The Morgan fingerprint density at radius 1 is 1.23 bits per heavy atom. The molecule has 0 saturated heterocycles. The lowest BCUT2D eigenvalue weighted by Gasteiger charge is -2.07. The molecule has 0 radical (unpaired) electrons. The average Bonchev–Trinajstić information content (AvgIpc) is 2.85. The second-order valence-electron chi connectivity index (χ2n) is 4.60. The molecule has 5 nitrogen and oxygen atoms in total. The summed E-state index contributed by atoms with van der Waals surface area (Å²) in [6.07, 6.45) is 0. The highest BCUT2D eigenvalue weighted by Crippen LogP contribution is 2.36. The van der Waals surface area contributed by atoms with E-state index in [1.165, 1.54) is 36.4 Å². The van der Waals surface area contributed by atoms with Crippen LogP contribution in [-0.4, -0.2) is 16.2 Å². The summed E-state index contributed by atoms with van der Waals surface area (Å²) in [5.74, 6) is -1.66. The minimum Gasteiger partial charge on any atom is -0.507 e. The number of carboxylic acids is 1. The third kappa shape index (κ3) is 2.15. The molecular formula is C16H8FNO4. The van der Waals surface area contributed by atoms with Gasteiger partial charge in [-0.15, -0.1) is 0 Å². The number of nitrogens with zero attached hydrogens (tertiary/aromatic N) is 1. The summed E-state index contributed by atoms with van der Waals surface area (Å²) < 4.78 is 18.2. The van der Waals surface area contributed by atoms with Crippen molar-refractivity contribution in [3.05, 3.63) is 59.4 Å². The van der Waals surface area contributed by atoms with Gasteiger partial charge in [0, 0.05) is 11.5 Å². The summed E-state index contributed by atoms with van der Waals surface area (Å²) >= 11 is 0. The van der Waals surface area contributed by atoms with Crippen LogP contribution in [-0.2, 0) is 0 Å². The van der Waals surface area contributed by atoms with E-state index in [0.29, 0.717) is 16.5 Å². The number of rotatable bonds is 2. The molecule has 2 N–H and O–H groups in total. The molecule has 108 valence electrons. The molecule has 0 unspecified atom stereocenters. The van der Waals surface area contributed by atoms with E-state index in [-0.39, 0.29) is 16.8 Å². The summed E-state index contributed by atoms with van der Waals surface area (Å²) in [7, 11) is 0. The number of hydrogen-bond acceptors (Lipinski definition) is 3. The standard InChI is InChI=1S/C16H8FNO4/c1-18-9-5-11(12-7-15(17)22-14(12)6-9)8-2-3-10(16(20)21)13(19)4-8/h2-7,19H,(H,20,21). The van der Waals surface area contributed by atoms with Crippen LogP contribution >= 0.6 is 0 Å². The molecule has 0 atom stereocenters. The van der Waals surface area contributed by atoms with Crippen molar-refractivity contribution < 1.29 is 23.8 Å². The zero-order valence-electron chi connectivity index (χ0n) is 11.0. The maximum absolute atomic E-state index is 13.3. The van der Waals surface area contributed by atoms with Crippen molar-refractivity contribution >= 4 is 22.6 Å². The molecule has 0 aliphatic carbocycles. The number of hydrogen-bond donors (Lipinski definition) is 2. The lowest BCUT2D eigenvalue weighted by molar-refractivity contribution is 0.0694. The van der Waals surface area contributed by atoms with Crippen LogP contribution in [0.2, 0.25) is 0 Å². The number of aromatic hydroxyl groups is 1. The largest absolute Gasteiger partial charge is 0.507 e. The Labute approximate surface area is 123 Å². The minimum atomic E-state index is -1.25. The molecule has 0 bridgehead atoms. The normalized spacial score (nSPS) is 10.5. The molecule has 22 heavy (non-hydrogen) atoms. The molecule has 0 aliphatic rings. The molecule has 3 rings (SSSR count). The lowest BCUT2D eigenvalue weighted by atomic mass is 9.99. The zero-order valence-corrected chi connectivity index (χ0v) is 11.0. The van der Waals surface area contributed by atoms with Gasteiger partial charge in [-0.05, 0) is 35.4 Å². The first-order chi connectivity index (χ1) is 10.5. The van der Waals surface area contributed by atoms with Gasteiger partial charge in [0.15, 0.2) is 5.69 Å². The van der Waals surface area contributed by atoms with Crippen LogP contribution in [0.4, 0.5) is 10.1 Å². The molecule has 0 fully saturated rings. The topological polar surface area (TPSA) is 75.0 Å². The van der Waals surface area contributed by atoms with E-state index < -0.39 is 17.7 Å². The van der Waals surface area contributed by atoms with E-state index >= 15 is 0 Å². The van der Waals surface area contributed by atoms with Gasteiger partial charge in [0.25, 0.3) is 6.01 Å². The fourth-order valence-corrected chi connectivity index (χ4v) is 2.28. The van der Waals surface area contributed by atoms with E-state index in [4.69, 9.17) is 16.1 Å². The number of phenols is 1. The maximum Gasteiger partial charge on any atom is 0.339 e. The van der Waals surface area contributed by atoms with Gasteiger partial charge in [0.2, 0.25) is 0 Å². The van der Waals surface area contributed by atoms with E-state index in [1.807, 2.05) is 0 Å². The van der Waals surface area contributed by atoms with Gasteiger partial charge >= 0.3 is 5.97 Å². The Balaban J connectivity index is 2.27. The molecule has 0 amide bonds. The smallest absolute Gasteiger partial charge is 0.339 e. The van der Waals surface area contributed by atoms with Gasteiger partial charge < -0.3 is 14.6 Å². The van der Waals surface area contributed by atoms with Crippen LogP contribution < -0.4 is 0 Å². The Morgan fingerprint density at radius 3 is 2.64 bits per heavy atom. The number of furan rings is 1. The van der Waals surface area contributed by atoms with Crippen molar-refractivity contribution in [2.45, 2.75) is 0 Å². The molecule has 1 heterocycles. The maximum atomic E-state index is 13.3. The second-order valence-corrected chi connectivity index (χ2v) is 4.60. The number of halogens is 1. The highest BCUT2D eigenvalue weighted by atomic mass is 19.1. The first-order valence-corrected chi connectivity index (χ1v) is 6.17. The first kappa shape index (κ1) is 13.6. The van der Waals surface area contributed by atoms with Gasteiger partial charge in [0.1, 0.15) is 16.9 Å². The summed E-state index contributed by atoms with van der Waals surface area (Å²) in [6.45, 7) is 7.08. The third-order valence-corrected chi connectivity index (χ3v) is 3.26. The van der Waals surface area contributed by atoms with Gasteiger partial charge in [-0.25, -0.2) is 9.64 Å². The number of benzene rings is 2. The number of fused-ring (bicyclic) bond motifs is 1. The number of aromatic carboxylic acids is 1. The quantitative estimate of drug-likeness (QED) is 0.695. The average molecular weight is 297 g/mol. The number of carboxylic acid groups (broad SMARTS) is 1. The molecule has 6 heteroatoms. The van der Waals surface area contributed by atoms with Crippen LogP contribution in [0, 0.1) is 12.6 Å². The van der Waals surface area contributed by atoms with Crippen molar-refractivity contribution in [1.82, 2.24) is 0 Å². The summed E-state index contributed by atoms with van der Waals surface area (Å²) in [6, 6.07) is 7.33. The van der Waals surface area contributed by atoms with Crippen molar-refractivity contribution in [2.75, 3.05) is 0 Å². The predicted molar refractivity (Wildman–Crippen MR) is 76.5 cm³/mol. The fourth-order valence-electron chi connectivity index (χ4n) is 2.28. The van der Waals surface area contributed by atoms with Gasteiger partial charge in [-0.3, -0.25) is 0 Å². The summed E-state index contributed by atoms with van der Waals surface area (Å²) in [4.78, 5) is 14.2. The lowest BCUT2D eigenvalue weighted by Crippen LogP contribution is -1.96. The Bertz CT molecular complexity index is 953. The second kappa shape index (κ2) is 4.90. The van der Waals surface area contributed by atoms with E-state index in [1.54, 1.807) is 0 Å². The molecular weight excluding hydrogens is 289 g/mol. The van der Waals surface area contributed by atoms with Crippen LogP contribution in [0.25, 0.3) is 26.9 Å². The molecule has 1 aromatic heterocycles. The van der Waals surface area contributed by atoms with E-state index in [2.05, 4.69) is 4.85 Å². The minimum absolute atomic E-state index is 0.211. The van der Waals surface area contributed by atoms with Crippen LogP contribution in [0.5, 0.6) is 5.75 Å². The van der Waals surface area contributed by atoms with Crippen molar-refractivity contribution in [3.8, 4) is 16.9 Å². The molecule has 0 aliphatic heterocycles. The molecule has 3 aromatic rings. The summed E-state index contributed by atoms with van der Waals surface area (Å²) in [5.41, 5.74) is 1.16. The highest BCUT2D eigenvalue weighted by molar-refractivity contribution is 5.98. The van der Waals surface area contributed by atoms with Gasteiger partial charge in [0.05, 0.1) is 6.57 Å². The van der Waals surface area contributed by atoms with Crippen molar-refractivity contribution in [1.29, 1.82) is 0 Å². The van der Waals surface area contributed by atoms with Gasteiger partial charge in [-0.2, -0.15) is 4.39 Å².